The molecule has 2 N–H and O–H groups in total. The summed E-state index contributed by atoms with van der Waals surface area (Å²) in [4.78, 5) is 26.2. The first-order valence-electron chi connectivity index (χ1n) is 10.7. The molecule has 1 aliphatic carbocycles. The lowest BCUT2D eigenvalue weighted by Crippen LogP contribution is -2.48. The van der Waals surface area contributed by atoms with Crippen molar-refractivity contribution < 1.29 is 19.2 Å². The molecule has 5 rings (SSSR count). The van der Waals surface area contributed by atoms with Gasteiger partial charge in [0.15, 0.2) is 11.5 Å². The van der Waals surface area contributed by atoms with E-state index < -0.39 is 4.92 Å². The molecule has 2 heterocycles. The quantitative estimate of drug-likeness (QED) is 0.445. The molecule has 0 radical (unpaired) electrons. The second-order valence-electron chi connectivity index (χ2n) is 8.71. The van der Waals surface area contributed by atoms with Crippen LogP contribution in [0.2, 0.25) is 0 Å². The predicted octanol–water partition coefficient (Wildman–Crippen LogP) is 3.98. The molecule has 1 atom stereocenters. The maximum absolute atomic E-state index is 13.5. The fourth-order valence-corrected chi connectivity index (χ4v) is 5.35. The molecule has 0 unspecified atom stereocenters. The van der Waals surface area contributed by atoms with E-state index in [1.807, 2.05) is 17.9 Å². The molecule has 2 aromatic rings. The van der Waals surface area contributed by atoms with E-state index in [2.05, 4.69) is 6.07 Å². The number of hydrogen-bond acceptors (Lipinski definition) is 6. The van der Waals surface area contributed by atoms with Crippen molar-refractivity contribution in [3.8, 4) is 11.5 Å². The smallest absolute Gasteiger partial charge is 0.292 e. The van der Waals surface area contributed by atoms with Crippen LogP contribution in [-0.4, -0.2) is 35.5 Å². The van der Waals surface area contributed by atoms with Gasteiger partial charge in [-0.1, -0.05) is 12.8 Å². The summed E-state index contributed by atoms with van der Waals surface area (Å²) in [6.45, 7) is 3.62. The number of hydrogen-bond donors (Lipinski definition) is 1. The molecule has 1 spiro atoms. The number of anilines is 1. The van der Waals surface area contributed by atoms with Crippen molar-refractivity contribution >= 4 is 17.3 Å². The van der Waals surface area contributed by atoms with Gasteiger partial charge in [-0.3, -0.25) is 14.9 Å². The van der Waals surface area contributed by atoms with Gasteiger partial charge >= 0.3 is 0 Å². The van der Waals surface area contributed by atoms with E-state index in [1.54, 1.807) is 6.07 Å². The molecule has 0 saturated heterocycles. The summed E-state index contributed by atoms with van der Waals surface area (Å²) in [6, 6.07) is 8.21. The van der Waals surface area contributed by atoms with Crippen LogP contribution in [0, 0.1) is 10.1 Å². The van der Waals surface area contributed by atoms with Crippen LogP contribution in [0.5, 0.6) is 11.5 Å². The van der Waals surface area contributed by atoms with Gasteiger partial charge in [0.2, 0.25) is 0 Å². The van der Waals surface area contributed by atoms with Crippen molar-refractivity contribution in [2.75, 3.05) is 25.5 Å². The van der Waals surface area contributed by atoms with Crippen LogP contribution >= 0.6 is 0 Å². The minimum absolute atomic E-state index is 0.0506. The van der Waals surface area contributed by atoms with Crippen LogP contribution in [-0.2, 0) is 5.41 Å². The molecule has 31 heavy (non-hydrogen) atoms. The van der Waals surface area contributed by atoms with E-state index in [4.69, 9.17) is 15.2 Å². The van der Waals surface area contributed by atoms with Crippen LogP contribution in [0.3, 0.4) is 0 Å². The topological polar surface area (TPSA) is 108 Å². The van der Waals surface area contributed by atoms with E-state index in [9.17, 15) is 14.9 Å². The normalized spacial score (nSPS) is 21.1. The highest BCUT2D eigenvalue weighted by molar-refractivity contribution is 5.96. The second-order valence-corrected chi connectivity index (χ2v) is 8.71. The molecule has 2 aliphatic heterocycles. The summed E-state index contributed by atoms with van der Waals surface area (Å²) in [5.74, 6) is 1.27. The van der Waals surface area contributed by atoms with E-state index >= 15 is 0 Å². The third kappa shape index (κ3) is 3.08. The lowest BCUT2D eigenvalue weighted by atomic mass is 9.71. The second kappa shape index (κ2) is 7.14. The highest BCUT2D eigenvalue weighted by atomic mass is 16.6. The fourth-order valence-electron chi connectivity index (χ4n) is 5.35. The number of nitrogens with zero attached hydrogens (tertiary/aromatic N) is 2. The summed E-state index contributed by atoms with van der Waals surface area (Å²) >= 11 is 0. The zero-order valence-corrected chi connectivity index (χ0v) is 17.4. The van der Waals surface area contributed by atoms with Crippen molar-refractivity contribution in [3.05, 3.63) is 57.1 Å². The zero-order valence-electron chi connectivity index (χ0n) is 17.4. The highest BCUT2D eigenvalue weighted by Crippen LogP contribution is 2.52. The third-order valence-corrected chi connectivity index (χ3v) is 6.97. The van der Waals surface area contributed by atoms with Crippen molar-refractivity contribution in [3.63, 3.8) is 0 Å². The van der Waals surface area contributed by atoms with Crippen molar-refractivity contribution in [2.24, 2.45) is 0 Å². The summed E-state index contributed by atoms with van der Waals surface area (Å²) in [7, 11) is 0. The molecule has 0 aromatic heterocycles. The first-order valence-corrected chi connectivity index (χ1v) is 10.7. The number of amides is 1. The monoisotopic (exact) mass is 423 g/mol. The molecule has 162 valence electrons. The Bertz CT molecular complexity index is 1080. The first-order chi connectivity index (χ1) is 14.9. The summed E-state index contributed by atoms with van der Waals surface area (Å²) < 4.78 is 11.6. The Morgan fingerprint density at radius 3 is 2.52 bits per heavy atom. The molecular formula is C23H25N3O5. The van der Waals surface area contributed by atoms with Gasteiger partial charge in [-0.05, 0) is 55.2 Å². The minimum Gasteiger partial charge on any atom is -0.486 e. The number of nitro groups is 1. The Morgan fingerprint density at radius 1 is 1.16 bits per heavy atom. The number of rotatable bonds is 2. The molecule has 1 saturated carbocycles. The molecular weight excluding hydrogens is 398 g/mol. The van der Waals surface area contributed by atoms with Crippen LogP contribution in [0.25, 0.3) is 0 Å². The predicted molar refractivity (Wildman–Crippen MR) is 115 cm³/mol. The molecule has 8 nitrogen and oxygen atoms in total. The van der Waals surface area contributed by atoms with Crippen molar-refractivity contribution in [1.29, 1.82) is 0 Å². The lowest BCUT2D eigenvalue weighted by molar-refractivity contribution is -0.383. The van der Waals surface area contributed by atoms with Gasteiger partial charge in [-0.25, -0.2) is 0 Å². The van der Waals surface area contributed by atoms with Crippen LogP contribution < -0.4 is 15.2 Å². The average molecular weight is 423 g/mol. The highest BCUT2D eigenvalue weighted by Gasteiger charge is 2.46. The Labute approximate surface area is 180 Å². The van der Waals surface area contributed by atoms with Gasteiger partial charge in [-0.2, -0.15) is 0 Å². The van der Waals surface area contributed by atoms with Crippen LogP contribution in [0.15, 0.2) is 30.3 Å². The van der Waals surface area contributed by atoms with Crippen LogP contribution in [0.4, 0.5) is 11.4 Å². The van der Waals surface area contributed by atoms with E-state index in [1.165, 1.54) is 17.7 Å². The molecule has 0 bridgehead atoms. The third-order valence-electron chi connectivity index (χ3n) is 6.97. The number of nitro benzene ring substituents is 1. The SMILES string of the molecule is C[C@H]1c2cc3c(cc2C2(CCCC2)CN1C(=O)c1ccc(N)c([N+](=O)[O-])c1)OCCO3. The van der Waals surface area contributed by atoms with E-state index in [-0.39, 0.29) is 34.3 Å². The van der Waals surface area contributed by atoms with Crippen molar-refractivity contribution in [2.45, 2.75) is 44.1 Å². The standard InChI is InChI=1S/C23H25N3O5/c1-14-16-11-20-21(31-9-8-30-20)12-17(16)23(6-2-3-7-23)13-25(14)22(27)15-4-5-18(24)19(10-15)26(28)29/h4-5,10-12,14H,2-3,6-9,13,24H2,1H3/t14-/m0/s1. The number of nitrogens with two attached hydrogens (primary N) is 1. The Kier molecular flexibility index (Phi) is 4.53. The first kappa shape index (κ1) is 19.7. The molecule has 1 fully saturated rings. The summed E-state index contributed by atoms with van der Waals surface area (Å²) in [5.41, 5.74) is 7.99. The fraction of sp³-hybridized carbons (Fsp3) is 0.435. The van der Waals surface area contributed by atoms with Crippen LogP contribution in [0.1, 0.15) is 60.1 Å². The zero-order chi connectivity index (χ0) is 21.8. The van der Waals surface area contributed by atoms with Gasteiger partial charge in [-0.15, -0.1) is 0 Å². The Hall–Kier alpha value is -3.29. The maximum atomic E-state index is 13.5. The van der Waals surface area contributed by atoms with Crippen molar-refractivity contribution in [1.82, 2.24) is 4.90 Å². The number of fused-ring (bicyclic) bond motifs is 3. The lowest BCUT2D eigenvalue weighted by Gasteiger charge is -2.46. The molecule has 3 aliphatic rings. The largest absolute Gasteiger partial charge is 0.486 e. The Balaban J connectivity index is 1.58. The number of benzene rings is 2. The minimum atomic E-state index is -0.552. The molecule has 2 aromatic carbocycles. The number of carbonyl (C=O) groups excluding carboxylic acids is 1. The number of carbonyl (C=O) groups is 1. The Morgan fingerprint density at radius 2 is 1.84 bits per heavy atom. The van der Waals surface area contributed by atoms with Gasteiger partial charge in [0.05, 0.1) is 11.0 Å². The molecule has 8 heteroatoms. The van der Waals surface area contributed by atoms with Gasteiger partial charge in [0.25, 0.3) is 11.6 Å². The summed E-state index contributed by atoms with van der Waals surface area (Å²) in [5, 5.41) is 11.3. The van der Waals surface area contributed by atoms with Gasteiger partial charge in [0, 0.05) is 23.6 Å². The summed E-state index contributed by atoms with van der Waals surface area (Å²) in [6.07, 6.45) is 4.21. The van der Waals surface area contributed by atoms with Gasteiger partial charge < -0.3 is 20.1 Å². The van der Waals surface area contributed by atoms with Gasteiger partial charge in [0.1, 0.15) is 18.9 Å². The number of nitrogen functional groups attached to an aromatic ring is 1. The average Bonchev–Trinajstić information content (AvgIpc) is 3.24. The van der Waals surface area contributed by atoms with E-state index in [0.29, 0.717) is 25.5 Å². The van der Waals surface area contributed by atoms with E-state index in [0.717, 1.165) is 37.0 Å². The maximum Gasteiger partial charge on any atom is 0.292 e. The number of ether oxygens (including phenoxy) is 2. The molecule has 1 amide bonds.